The Labute approximate surface area is 93.2 Å². The zero-order chi connectivity index (χ0) is 11.4. The van der Waals surface area contributed by atoms with Crippen molar-refractivity contribution in [2.75, 3.05) is 20.1 Å². The second-order valence-corrected chi connectivity index (χ2v) is 4.88. The molecule has 1 aliphatic rings. The highest BCUT2D eigenvalue weighted by Gasteiger charge is 2.35. The maximum atomic E-state index is 12.1. The van der Waals surface area contributed by atoms with Gasteiger partial charge in [0.05, 0.1) is 5.92 Å². The van der Waals surface area contributed by atoms with Crippen molar-refractivity contribution >= 4 is 5.91 Å². The summed E-state index contributed by atoms with van der Waals surface area (Å²) in [5.74, 6) is 1.05. The SMILES string of the molecule is CCCN(C)C(=O)C1CCNC1C(C)C. The number of hydrogen-bond acceptors (Lipinski definition) is 2. The van der Waals surface area contributed by atoms with Crippen LogP contribution in [0.15, 0.2) is 0 Å². The molecule has 1 amide bonds. The molecule has 15 heavy (non-hydrogen) atoms. The van der Waals surface area contributed by atoms with Crippen molar-refractivity contribution in [3.8, 4) is 0 Å². The standard InChI is InChI=1S/C12H24N2O/c1-5-8-14(4)12(15)10-6-7-13-11(10)9(2)3/h9-11,13H,5-8H2,1-4H3. The Hall–Kier alpha value is -0.570. The van der Waals surface area contributed by atoms with Crippen LogP contribution in [-0.2, 0) is 4.79 Å². The van der Waals surface area contributed by atoms with Crippen LogP contribution in [0, 0.1) is 11.8 Å². The summed E-state index contributed by atoms with van der Waals surface area (Å²) in [5.41, 5.74) is 0. The second kappa shape index (κ2) is 5.50. The van der Waals surface area contributed by atoms with E-state index in [0.29, 0.717) is 17.9 Å². The Bertz CT molecular complexity index is 216. The molecule has 1 heterocycles. The maximum Gasteiger partial charge on any atom is 0.227 e. The van der Waals surface area contributed by atoms with E-state index in [4.69, 9.17) is 0 Å². The van der Waals surface area contributed by atoms with Crippen molar-refractivity contribution in [3.63, 3.8) is 0 Å². The molecule has 1 fully saturated rings. The van der Waals surface area contributed by atoms with E-state index in [-0.39, 0.29) is 5.92 Å². The average molecular weight is 212 g/mol. The van der Waals surface area contributed by atoms with E-state index in [1.54, 1.807) is 0 Å². The molecule has 1 rings (SSSR count). The van der Waals surface area contributed by atoms with Crippen molar-refractivity contribution in [1.82, 2.24) is 10.2 Å². The molecule has 88 valence electrons. The highest BCUT2D eigenvalue weighted by Crippen LogP contribution is 2.23. The zero-order valence-corrected chi connectivity index (χ0v) is 10.4. The highest BCUT2D eigenvalue weighted by molar-refractivity contribution is 5.79. The molecule has 0 bridgehead atoms. The molecule has 0 radical (unpaired) electrons. The summed E-state index contributed by atoms with van der Waals surface area (Å²) in [5, 5.41) is 3.44. The van der Waals surface area contributed by atoms with Gasteiger partial charge in [-0.05, 0) is 25.3 Å². The summed E-state index contributed by atoms with van der Waals surface area (Å²) >= 11 is 0. The number of rotatable bonds is 4. The fourth-order valence-electron chi connectivity index (χ4n) is 2.43. The Morgan fingerprint density at radius 2 is 2.20 bits per heavy atom. The van der Waals surface area contributed by atoms with Crippen LogP contribution in [-0.4, -0.2) is 37.0 Å². The van der Waals surface area contributed by atoms with Crippen LogP contribution in [0.2, 0.25) is 0 Å². The van der Waals surface area contributed by atoms with Crippen LogP contribution in [0.4, 0.5) is 0 Å². The molecule has 3 heteroatoms. The van der Waals surface area contributed by atoms with Crippen LogP contribution in [0.1, 0.15) is 33.6 Å². The van der Waals surface area contributed by atoms with Gasteiger partial charge in [-0.25, -0.2) is 0 Å². The van der Waals surface area contributed by atoms with Gasteiger partial charge in [0.1, 0.15) is 0 Å². The maximum absolute atomic E-state index is 12.1. The smallest absolute Gasteiger partial charge is 0.227 e. The van der Waals surface area contributed by atoms with Gasteiger partial charge in [-0.1, -0.05) is 20.8 Å². The number of amides is 1. The number of nitrogens with one attached hydrogen (secondary N) is 1. The molecular formula is C12H24N2O. The first-order valence-electron chi connectivity index (χ1n) is 6.06. The van der Waals surface area contributed by atoms with Crippen molar-refractivity contribution < 1.29 is 4.79 Å². The summed E-state index contributed by atoms with van der Waals surface area (Å²) in [6.45, 7) is 8.34. The molecule has 0 aromatic carbocycles. The van der Waals surface area contributed by atoms with Crippen molar-refractivity contribution in [1.29, 1.82) is 0 Å². The van der Waals surface area contributed by atoms with E-state index in [1.807, 2.05) is 11.9 Å². The molecule has 2 atom stereocenters. The fraction of sp³-hybridized carbons (Fsp3) is 0.917. The third-order valence-corrected chi connectivity index (χ3v) is 3.24. The molecule has 0 spiro atoms. The molecular weight excluding hydrogens is 188 g/mol. The number of carbonyl (C=O) groups excluding carboxylic acids is 1. The minimum Gasteiger partial charge on any atom is -0.345 e. The van der Waals surface area contributed by atoms with Crippen LogP contribution >= 0.6 is 0 Å². The molecule has 2 unspecified atom stereocenters. The zero-order valence-electron chi connectivity index (χ0n) is 10.4. The van der Waals surface area contributed by atoms with Gasteiger partial charge in [0, 0.05) is 19.6 Å². The summed E-state index contributed by atoms with van der Waals surface area (Å²) < 4.78 is 0. The predicted molar refractivity (Wildman–Crippen MR) is 62.7 cm³/mol. The molecule has 1 saturated heterocycles. The minimum atomic E-state index is 0.196. The summed E-state index contributed by atoms with van der Waals surface area (Å²) in [7, 11) is 1.92. The lowest BCUT2D eigenvalue weighted by Gasteiger charge is -2.26. The van der Waals surface area contributed by atoms with Crippen molar-refractivity contribution in [2.45, 2.75) is 39.7 Å². The quantitative estimate of drug-likeness (QED) is 0.765. The lowest BCUT2D eigenvalue weighted by molar-refractivity contribution is -0.134. The van der Waals surface area contributed by atoms with E-state index in [0.717, 1.165) is 25.9 Å². The van der Waals surface area contributed by atoms with Gasteiger partial charge in [0.25, 0.3) is 0 Å². The molecule has 0 aromatic heterocycles. The lowest BCUT2D eigenvalue weighted by atomic mass is 9.91. The molecule has 1 aliphatic heterocycles. The number of nitrogens with zero attached hydrogens (tertiary/aromatic N) is 1. The third-order valence-electron chi connectivity index (χ3n) is 3.24. The summed E-state index contributed by atoms with van der Waals surface area (Å²) in [6, 6.07) is 0.372. The molecule has 0 aromatic rings. The van der Waals surface area contributed by atoms with E-state index in [1.165, 1.54) is 0 Å². The van der Waals surface area contributed by atoms with Crippen LogP contribution in [0.25, 0.3) is 0 Å². The van der Waals surface area contributed by atoms with E-state index in [9.17, 15) is 4.79 Å². The Kier molecular flexibility index (Phi) is 4.58. The van der Waals surface area contributed by atoms with Gasteiger partial charge >= 0.3 is 0 Å². The first-order valence-corrected chi connectivity index (χ1v) is 6.06. The van der Waals surface area contributed by atoms with Gasteiger partial charge in [-0.3, -0.25) is 4.79 Å². The van der Waals surface area contributed by atoms with Crippen molar-refractivity contribution in [3.05, 3.63) is 0 Å². The van der Waals surface area contributed by atoms with Crippen LogP contribution in [0.5, 0.6) is 0 Å². The van der Waals surface area contributed by atoms with E-state index in [2.05, 4.69) is 26.1 Å². The second-order valence-electron chi connectivity index (χ2n) is 4.88. The minimum absolute atomic E-state index is 0.196. The predicted octanol–water partition coefficient (Wildman–Crippen LogP) is 1.49. The van der Waals surface area contributed by atoms with Crippen molar-refractivity contribution in [2.24, 2.45) is 11.8 Å². The molecule has 3 nitrogen and oxygen atoms in total. The number of carbonyl (C=O) groups is 1. The molecule has 0 saturated carbocycles. The monoisotopic (exact) mass is 212 g/mol. The largest absolute Gasteiger partial charge is 0.345 e. The fourth-order valence-corrected chi connectivity index (χ4v) is 2.43. The normalized spacial score (nSPS) is 25.9. The van der Waals surface area contributed by atoms with Gasteiger partial charge < -0.3 is 10.2 Å². The Balaban J connectivity index is 2.58. The highest BCUT2D eigenvalue weighted by atomic mass is 16.2. The Morgan fingerprint density at radius 3 is 2.73 bits per heavy atom. The van der Waals surface area contributed by atoms with Gasteiger partial charge in [-0.15, -0.1) is 0 Å². The van der Waals surface area contributed by atoms with Crippen LogP contribution in [0.3, 0.4) is 0 Å². The molecule has 1 N–H and O–H groups in total. The number of hydrogen-bond donors (Lipinski definition) is 1. The first kappa shape index (κ1) is 12.5. The van der Waals surface area contributed by atoms with Gasteiger partial charge in [0.15, 0.2) is 0 Å². The summed E-state index contributed by atoms with van der Waals surface area (Å²) in [6.07, 6.45) is 2.03. The third kappa shape index (κ3) is 2.94. The van der Waals surface area contributed by atoms with Gasteiger partial charge in [-0.2, -0.15) is 0 Å². The van der Waals surface area contributed by atoms with Crippen LogP contribution < -0.4 is 5.32 Å². The Morgan fingerprint density at radius 1 is 1.53 bits per heavy atom. The average Bonchev–Trinajstić information content (AvgIpc) is 2.65. The lowest BCUT2D eigenvalue weighted by Crippen LogP contribution is -2.42. The first-order chi connectivity index (χ1) is 7.07. The van der Waals surface area contributed by atoms with E-state index < -0.39 is 0 Å². The summed E-state index contributed by atoms with van der Waals surface area (Å²) in [4.78, 5) is 14.0. The van der Waals surface area contributed by atoms with E-state index >= 15 is 0 Å². The van der Waals surface area contributed by atoms with Gasteiger partial charge in [0.2, 0.25) is 5.91 Å². The topological polar surface area (TPSA) is 32.3 Å². The molecule has 0 aliphatic carbocycles.